The van der Waals surface area contributed by atoms with E-state index >= 15 is 0 Å². The highest BCUT2D eigenvalue weighted by atomic mass is 19.1. The molecule has 3 aromatic rings. The van der Waals surface area contributed by atoms with Crippen LogP contribution in [0.4, 0.5) is 32.3 Å². The lowest BCUT2D eigenvalue weighted by atomic mass is 10.3. The van der Waals surface area contributed by atoms with Gasteiger partial charge in [0.25, 0.3) is 0 Å². The smallest absolute Gasteiger partial charge is 0.323 e. The molecule has 0 spiro atoms. The van der Waals surface area contributed by atoms with Crippen LogP contribution in [0.3, 0.4) is 0 Å². The molecule has 29 heavy (non-hydrogen) atoms. The van der Waals surface area contributed by atoms with Crippen molar-refractivity contribution in [3.8, 4) is 0 Å². The molecular weight excluding hydrogens is 373 g/mol. The predicted octanol–water partition coefficient (Wildman–Crippen LogP) is 2.98. The van der Waals surface area contributed by atoms with Gasteiger partial charge in [-0.05, 0) is 30.3 Å². The summed E-state index contributed by atoms with van der Waals surface area (Å²) < 4.78 is 13.2. The first-order valence-corrected chi connectivity index (χ1v) is 9.24. The number of hydrogen-bond acceptors (Lipinski definition) is 6. The molecule has 1 fully saturated rings. The lowest BCUT2D eigenvalue weighted by Gasteiger charge is -2.35. The summed E-state index contributed by atoms with van der Waals surface area (Å²) in [7, 11) is 0. The molecule has 2 amide bonds. The van der Waals surface area contributed by atoms with E-state index in [2.05, 4.69) is 35.4 Å². The van der Waals surface area contributed by atoms with Gasteiger partial charge in [-0.15, -0.1) is 0 Å². The van der Waals surface area contributed by atoms with Crippen LogP contribution >= 0.6 is 0 Å². The van der Waals surface area contributed by atoms with E-state index in [1.165, 1.54) is 18.2 Å². The molecule has 2 N–H and O–H groups in total. The molecule has 9 heteroatoms. The van der Waals surface area contributed by atoms with E-state index in [1.807, 2.05) is 18.2 Å². The van der Waals surface area contributed by atoms with Crippen molar-refractivity contribution in [2.45, 2.75) is 0 Å². The van der Waals surface area contributed by atoms with Gasteiger partial charge in [0.15, 0.2) is 0 Å². The molecule has 1 aliphatic rings. The fraction of sp³-hybridized carbons (Fsp3) is 0.200. The van der Waals surface area contributed by atoms with Crippen molar-refractivity contribution in [3.05, 3.63) is 66.9 Å². The Morgan fingerprint density at radius 3 is 2.28 bits per heavy atom. The second-order valence-corrected chi connectivity index (χ2v) is 6.52. The van der Waals surface area contributed by atoms with E-state index in [9.17, 15) is 9.18 Å². The summed E-state index contributed by atoms with van der Waals surface area (Å²) in [6, 6.07) is 11.1. The number of nitrogens with zero attached hydrogens (tertiary/aromatic N) is 5. The number of hydrogen-bond donors (Lipinski definition) is 2. The van der Waals surface area contributed by atoms with Crippen molar-refractivity contribution in [3.63, 3.8) is 0 Å². The third-order valence-electron chi connectivity index (χ3n) is 4.51. The molecule has 1 saturated heterocycles. The Labute approximate surface area is 167 Å². The summed E-state index contributed by atoms with van der Waals surface area (Å²) in [5.41, 5.74) is 0.820. The molecule has 0 saturated carbocycles. The molecule has 148 valence electrons. The minimum absolute atomic E-state index is 0.366. The number of nitrogens with one attached hydrogen (secondary N) is 2. The number of carbonyl (C=O) groups excluding carboxylic acids is 1. The van der Waals surface area contributed by atoms with E-state index in [1.54, 1.807) is 24.7 Å². The van der Waals surface area contributed by atoms with E-state index in [0.29, 0.717) is 17.3 Å². The number of urea groups is 1. The highest BCUT2D eigenvalue weighted by Crippen LogP contribution is 2.17. The van der Waals surface area contributed by atoms with Gasteiger partial charge in [-0.25, -0.2) is 24.1 Å². The van der Waals surface area contributed by atoms with E-state index in [-0.39, 0.29) is 0 Å². The lowest BCUT2D eigenvalue weighted by Crippen LogP contribution is -2.47. The van der Waals surface area contributed by atoms with Crippen LogP contribution in [0.5, 0.6) is 0 Å². The van der Waals surface area contributed by atoms with Crippen LogP contribution in [0, 0.1) is 5.82 Å². The monoisotopic (exact) mass is 393 g/mol. The van der Waals surface area contributed by atoms with Crippen LogP contribution in [0.25, 0.3) is 0 Å². The summed E-state index contributed by atoms with van der Waals surface area (Å²) in [4.78, 5) is 29.4. The SMILES string of the molecule is O=C(Nc1cnc(N2CCN(c3ccccn3)CC2)nc1)Nc1cccc(F)c1. The molecule has 1 aromatic carbocycles. The summed E-state index contributed by atoms with van der Waals surface area (Å²) in [5.74, 6) is 1.16. The van der Waals surface area contributed by atoms with Crippen molar-refractivity contribution < 1.29 is 9.18 Å². The number of pyridine rings is 1. The summed E-state index contributed by atoms with van der Waals surface area (Å²) in [5, 5.41) is 5.20. The van der Waals surface area contributed by atoms with Gasteiger partial charge in [0.05, 0.1) is 18.1 Å². The van der Waals surface area contributed by atoms with Crippen LogP contribution in [0.2, 0.25) is 0 Å². The molecule has 1 aliphatic heterocycles. The van der Waals surface area contributed by atoms with Crippen LogP contribution < -0.4 is 20.4 Å². The van der Waals surface area contributed by atoms with Gasteiger partial charge >= 0.3 is 6.03 Å². The Morgan fingerprint density at radius 2 is 1.59 bits per heavy atom. The van der Waals surface area contributed by atoms with Crippen LogP contribution in [0.15, 0.2) is 61.1 Å². The maximum atomic E-state index is 13.2. The lowest BCUT2D eigenvalue weighted by molar-refractivity contribution is 0.262. The van der Waals surface area contributed by atoms with Crippen molar-refractivity contribution in [1.82, 2.24) is 15.0 Å². The summed E-state index contributed by atoms with van der Waals surface area (Å²) >= 11 is 0. The fourth-order valence-corrected chi connectivity index (χ4v) is 3.09. The maximum absolute atomic E-state index is 13.2. The number of amides is 2. The van der Waals surface area contributed by atoms with Crippen LogP contribution in [-0.2, 0) is 0 Å². The molecule has 0 radical (unpaired) electrons. The Kier molecular flexibility index (Phi) is 5.46. The second kappa shape index (κ2) is 8.51. The van der Waals surface area contributed by atoms with Crippen LogP contribution in [-0.4, -0.2) is 47.2 Å². The molecular formula is C20H20FN7O. The Hall–Kier alpha value is -3.75. The van der Waals surface area contributed by atoms with Gasteiger partial charge in [0, 0.05) is 38.1 Å². The standard InChI is InChI=1S/C20H20FN7O/c21-15-4-3-5-16(12-15)25-20(29)26-17-13-23-19(24-14-17)28-10-8-27(9-11-28)18-6-1-2-7-22-18/h1-7,12-14H,8-11H2,(H2,25,26,29). The molecule has 0 unspecified atom stereocenters. The molecule has 0 atom stereocenters. The minimum atomic E-state index is -0.490. The quantitative estimate of drug-likeness (QED) is 0.709. The van der Waals surface area contributed by atoms with E-state index in [0.717, 1.165) is 32.0 Å². The highest BCUT2D eigenvalue weighted by Gasteiger charge is 2.19. The molecule has 0 aliphatic carbocycles. The number of anilines is 4. The third-order valence-corrected chi connectivity index (χ3v) is 4.51. The van der Waals surface area contributed by atoms with Gasteiger partial charge in [-0.3, -0.25) is 0 Å². The van der Waals surface area contributed by atoms with Crippen molar-refractivity contribution in [2.75, 3.05) is 46.6 Å². The average Bonchev–Trinajstić information content (AvgIpc) is 2.75. The van der Waals surface area contributed by atoms with Crippen LogP contribution in [0.1, 0.15) is 0 Å². The zero-order valence-corrected chi connectivity index (χ0v) is 15.6. The van der Waals surface area contributed by atoms with Gasteiger partial charge < -0.3 is 20.4 Å². The molecule has 8 nitrogen and oxygen atoms in total. The fourth-order valence-electron chi connectivity index (χ4n) is 3.09. The zero-order chi connectivity index (χ0) is 20.1. The highest BCUT2D eigenvalue weighted by molar-refractivity contribution is 5.99. The number of halogens is 1. The van der Waals surface area contributed by atoms with Gasteiger partial charge in [0.2, 0.25) is 5.95 Å². The molecule has 3 heterocycles. The Balaban J connectivity index is 1.31. The van der Waals surface area contributed by atoms with Gasteiger partial charge in [-0.1, -0.05) is 12.1 Å². The number of aromatic nitrogens is 3. The maximum Gasteiger partial charge on any atom is 0.323 e. The summed E-state index contributed by atoms with van der Waals surface area (Å²) in [6.07, 6.45) is 4.90. The van der Waals surface area contributed by atoms with Gasteiger partial charge in [-0.2, -0.15) is 0 Å². The largest absolute Gasteiger partial charge is 0.353 e. The van der Waals surface area contributed by atoms with E-state index in [4.69, 9.17) is 0 Å². The van der Waals surface area contributed by atoms with Gasteiger partial charge in [0.1, 0.15) is 11.6 Å². The topological polar surface area (TPSA) is 86.3 Å². The molecule has 2 aromatic heterocycles. The first-order valence-electron chi connectivity index (χ1n) is 9.24. The first-order chi connectivity index (χ1) is 14.2. The normalized spacial score (nSPS) is 13.8. The minimum Gasteiger partial charge on any atom is -0.353 e. The van der Waals surface area contributed by atoms with E-state index < -0.39 is 11.8 Å². The Morgan fingerprint density at radius 1 is 0.862 bits per heavy atom. The number of carbonyl (C=O) groups is 1. The van der Waals surface area contributed by atoms with Crippen molar-refractivity contribution >= 4 is 29.2 Å². The Bertz CT molecular complexity index is 960. The molecule has 0 bridgehead atoms. The summed E-state index contributed by atoms with van der Waals surface area (Å²) in [6.45, 7) is 3.22. The second-order valence-electron chi connectivity index (χ2n) is 6.52. The number of rotatable bonds is 4. The zero-order valence-electron chi connectivity index (χ0n) is 15.6. The number of piperazine rings is 1. The van der Waals surface area contributed by atoms with Crippen molar-refractivity contribution in [2.24, 2.45) is 0 Å². The average molecular weight is 393 g/mol. The predicted molar refractivity (Wildman–Crippen MR) is 110 cm³/mol. The van der Waals surface area contributed by atoms with Crippen molar-refractivity contribution in [1.29, 1.82) is 0 Å². The molecule has 4 rings (SSSR count). The first kappa shape index (κ1) is 18.6. The third kappa shape index (κ3) is 4.75. The number of benzene rings is 1.